The molecule has 1 saturated heterocycles. The molecule has 5 nitrogen and oxygen atoms in total. The zero-order chi connectivity index (χ0) is 17.2. The number of hydrogen-bond acceptors (Lipinski definition) is 4. The highest BCUT2D eigenvalue weighted by Crippen LogP contribution is 2.36. The maximum absolute atomic E-state index is 12.8. The van der Waals surface area contributed by atoms with Gasteiger partial charge in [-0.15, -0.1) is 0 Å². The Morgan fingerprint density at radius 3 is 2.79 bits per heavy atom. The third-order valence-electron chi connectivity index (χ3n) is 5.11. The molecule has 2 aliphatic rings. The van der Waals surface area contributed by atoms with E-state index in [1.165, 1.54) is 0 Å². The van der Waals surface area contributed by atoms with Crippen LogP contribution < -0.4 is 5.73 Å². The predicted octanol–water partition coefficient (Wildman–Crippen LogP) is 2.35. The first-order chi connectivity index (χ1) is 11.5. The smallest absolute Gasteiger partial charge is 0.227 e. The largest absolute Gasteiger partial charge is 0.347 e. The molecular formula is C18H25ClN2O3. The van der Waals surface area contributed by atoms with Crippen molar-refractivity contribution < 1.29 is 14.3 Å². The second-order valence-corrected chi connectivity index (χ2v) is 7.12. The molecule has 1 aromatic carbocycles. The Morgan fingerprint density at radius 1 is 1.38 bits per heavy atom. The van der Waals surface area contributed by atoms with E-state index in [9.17, 15) is 4.79 Å². The minimum atomic E-state index is -0.572. The van der Waals surface area contributed by atoms with Crippen LogP contribution in [0.4, 0.5) is 0 Å². The number of benzene rings is 1. The van der Waals surface area contributed by atoms with Crippen molar-refractivity contribution in [3.8, 4) is 0 Å². The van der Waals surface area contributed by atoms with Crippen molar-refractivity contribution in [3.63, 3.8) is 0 Å². The van der Waals surface area contributed by atoms with Gasteiger partial charge in [0.2, 0.25) is 5.91 Å². The summed E-state index contributed by atoms with van der Waals surface area (Å²) in [5.74, 6) is -0.559. The number of likely N-dealkylation sites (N-methyl/N-ethyl adjacent to an activating group) is 1. The topological polar surface area (TPSA) is 64.8 Å². The molecule has 0 aromatic heterocycles. The highest BCUT2D eigenvalue weighted by molar-refractivity contribution is 6.31. The van der Waals surface area contributed by atoms with Crippen LogP contribution in [0.25, 0.3) is 0 Å². The number of hydrogen-bond donors (Lipinski definition) is 1. The van der Waals surface area contributed by atoms with Crippen LogP contribution in [-0.2, 0) is 20.7 Å². The number of carbonyl (C=O) groups is 1. The highest BCUT2D eigenvalue weighted by Gasteiger charge is 2.44. The van der Waals surface area contributed by atoms with Gasteiger partial charge in [-0.2, -0.15) is 0 Å². The van der Waals surface area contributed by atoms with Gasteiger partial charge in [-0.25, -0.2) is 0 Å². The first-order valence-corrected chi connectivity index (χ1v) is 8.91. The lowest BCUT2D eigenvalue weighted by Crippen LogP contribution is -2.51. The van der Waals surface area contributed by atoms with Gasteiger partial charge in [0, 0.05) is 31.0 Å². The quantitative estimate of drug-likeness (QED) is 0.907. The van der Waals surface area contributed by atoms with Crippen molar-refractivity contribution in [3.05, 3.63) is 34.9 Å². The average Bonchev–Trinajstić information content (AvgIpc) is 2.95. The molecule has 0 bridgehead atoms. The first-order valence-electron chi connectivity index (χ1n) is 8.53. The number of halogens is 1. The molecule has 1 heterocycles. The van der Waals surface area contributed by atoms with Crippen molar-refractivity contribution in [2.45, 2.75) is 50.0 Å². The SMILES string of the molecule is CN(C(=O)Cc1ccccc1Cl)C1CC2(CCCC1N)OCCO2. The summed E-state index contributed by atoms with van der Waals surface area (Å²) < 4.78 is 11.7. The summed E-state index contributed by atoms with van der Waals surface area (Å²) in [5, 5.41) is 0.614. The monoisotopic (exact) mass is 352 g/mol. The summed E-state index contributed by atoms with van der Waals surface area (Å²) in [6, 6.07) is 7.27. The van der Waals surface area contributed by atoms with Crippen molar-refractivity contribution in [1.82, 2.24) is 4.90 Å². The fraction of sp³-hybridized carbons (Fsp3) is 0.611. The molecule has 0 radical (unpaired) electrons. The molecular weight excluding hydrogens is 328 g/mol. The highest BCUT2D eigenvalue weighted by atomic mass is 35.5. The predicted molar refractivity (Wildman–Crippen MR) is 92.8 cm³/mol. The Labute approximate surface area is 148 Å². The van der Waals surface area contributed by atoms with Gasteiger partial charge in [0.15, 0.2) is 5.79 Å². The van der Waals surface area contributed by atoms with Gasteiger partial charge in [-0.05, 0) is 24.5 Å². The zero-order valence-corrected chi connectivity index (χ0v) is 14.8. The van der Waals surface area contributed by atoms with Gasteiger partial charge >= 0.3 is 0 Å². The Balaban J connectivity index is 1.72. The first kappa shape index (κ1) is 17.7. The molecule has 24 heavy (non-hydrogen) atoms. The molecule has 1 aromatic rings. The number of carbonyl (C=O) groups excluding carboxylic acids is 1. The molecule has 1 aliphatic carbocycles. The summed E-state index contributed by atoms with van der Waals surface area (Å²) >= 11 is 6.18. The van der Waals surface area contributed by atoms with E-state index < -0.39 is 5.79 Å². The normalized spacial score (nSPS) is 26.3. The van der Waals surface area contributed by atoms with Crippen LogP contribution >= 0.6 is 11.6 Å². The number of rotatable bonds is 3. The van der Waals surface area contributed by atoms with Crippen LogP contribution in [0.15, 0.2) is 24.3 Å². The maximum Gasteiger partial charge on any atom is 0.227 e. The summed E-state index contributed by atoms with van der Waals surface area (Å²) in [6.07, 6.45) is 3.55. The lowest BCUT2D eigenvalue weighted by molar-refractivity contribution is -0.174. The van der Waals surface area contributed by atoms with Crippen LogP contribution in [0.1, 0.15) is 31.2 Å². The molecule has 6 heteroatoms. The third-order valence-corrected chi connectivity index (χ3v) is 5.48. The van der Waals surface area contributed by atoms with Gasteiger partial charge in [0.05, 0.1) is 25.7 Å². The van der Waals surface area contributed by atoms with Gasteiger partial charge < -0.3 is 20.1 Å². The molecule has 1 spiro atoms. The molecule has 2 unspecified atom stereocenters. The van der Waals surface area contributed by atoms with Crippen molar-refractivity contribution in [2.75, 3.05) is 20.3 Å². The summed E-state index contributed by atoms with van der Waals surface area (Å²) in [7, 11) is 1.82. The minimum Gasteiger partial charge on any atom is -0.347 e. The van der Waals surface area contributed by atoms with E-state index >= 15 is 0 Å². The molecule has 2 fully saturated rings. The third kappa shape index (κ3) is 3.75. The number of ether oxygens (including phenoxy) is 2. The molecule has 3 rings (SSSR count). The van der Waals surface area contributed by atoms with Crippen LogP contribution in [0.5, 0.6) is 0 Å². The van der Waals surface area contributed by atoms with E-state index in [0.717, 1.165) is 24.8 Å². The number of nitrogens with zero attached hydrogens (tertiary/aromatic N) is 1. The number of amides is 1. The lowest BCUT2D eigenvalue weighted by atomic mass is 9.99. The molecule has 2 atom stereocenters. The zero-order valence-electron chi connectivity index (χ0n) is 14.0. The van der Waals surface area contributed by atoms with Crippen molar-refractivity contribution in [2.24, 2.45) is 5.73 Å². The van der Waals surface area contributed by atoms with Crippen LogP contribution in [0.3, 0.4) is 0 Å². The molecule has 132 valence electrons. The van der Waals surface area contributed by atoms with Gasteiger partial charge in [-0.1, -0.05) is 29.8 Å². The lowest BCUT2D eigenvalue weighted by Gasteiger charge is -2.36. The molecule has 1 amide bonds. The van der Waals surface area contributed by atoms with E-state index in [4.69, 9.17) is 26.8 Å². The molecule has 1 aliphatic heterocycles. The van der Waals surface area contributed by atoms with Crippen LogP contribution in [-0.4, -0.2) is 48.9 Å². The van der Waals surface area contributed by atoms with Gasteiger partial charge in [0.25, 0.3) is 0 Å². The summed E-state index contributed by atoms with van der Waals surface area (Å²) in [5.41, 5.74) is 7.20. The Morgan fingerprint density at radius 2 is 2.08 bits per heavy atom. The van der Waals surface area contributed by atoms with Crippen molar-refractivity contribution in [1.29, 1.82) is 0 Å². The van der Waals surface area contributed by atoms with Crippen LogP contribution in [0.2, 0.25) is 5.02 Å². The minimum absolute atomic E-state index is 0.0126. The Hall–Kier alpha value is -1.14. The number of nitrogens with two attached hydrogens (primary N) is 1. The second-order valence-electron chi connectivity index (χ2n) is 6.71. The van der Waals surface area contributed by atoms with E-state index in [1.54, 1.807) is 11.0 Å². The van der Waals surface area contributed by atoms with E-state index in [2.05, 4.69) is 0 Å². The maximum atomic E-state index is 12.8. The Bertz CT molecular complexity index is 589. The summed E-state index contributed by atoms with van der Waals surface area (Å²) in [4.78, 5) is 14.5. The fourth-order valence-corrected chi connectivity index (χ4v) is 3.87. The van der Waals surface area contributed by atoms with Gasteiger partial charge in [0.1, 0.15) is 0 Å². The molecule has 2 N–H and O–H groups in total. The van der Waals surface area contributed by atoms with Crippen molar-refractivity contribution >= 4 is 17.5 Å². The van der Waals surface area contributed by atoms with E-state index in [-0.39, 0.29) is 24.4 Å². The molecule has 1 saturated carbocycles. The van der Waals surface area contributed by atoms with E-state index in [0.29, 0.717) is 24.7 Å². The Kier molecular flexibility index (Phi) is 5.45. The van der Waals surface area contributed by atoms with Crippen LogP contribution in [0, 0.1) is 0 Å². The van der Waals surface area contributed by atoms with E-state index in [1.807, 2.05) is 25.2 Å². The second kappa shape index (κ2) is 7.40. The summed E-state index contributed by atoms with van der Waals surface area (Å²) in [6.45, 7) is 1.22. The standard InChI is InChI=1S/C18H25ClN2O3/c1-21(17(22)11-13-5-2-3-6-14(13)19)16-12-18(23-9-10-24-18)8-4-7-15(16)20/h2-3,5-6,15-16H,4,7-12,20H2,1H3. The fourth-order valence-electron chi connectivity index (χ4n) is 3.67. The average molecular weight is 353 g/mol. The van der Waals surface area contributed by atoms with Gasteiger partial charge in [-0.3, -0.25) is 4.79 Å².